The van der Waals surface area contributed by atoms with E-state index in [1.54, 1.807) is 31.2 Å². The number of thiazole rings is 1. The van der Waals surface area contributed by atoms with E-state index in [0.29, 0.717) is 12.0 Å². The minimum Gasteiger partial charge on any atom is -0.461 e. The van der Waals surface area contributed by atoms with E-state index in [0.717, 1.165) is 16.9 Å². The highest BCUT2D eigenvalue weighted by atomic mass is 32.1. The van der Waals surface area contributed by atoms with Gasteiger partial charge in [0.15, 0.2) is 16.9 Å². The van der Waals surface area contributed by atoms with Crippen molar-refractivity contribution in [2.45, 2.75) is 19.4 Å². The minimum absolute atomic E-state index is 0.128. The normalized spacial score (nSPS) is 16.0. The smallest absolute Gasteiger partial charge is 0.357 e. The van der Waals surface area contributed by atoms with Gasteiger partial charge in [-0.25, -0.2) is 14.6 Å². The number of benzene rings is 1. The summed E-state index contributed by atoms with van der Waals surface area (Å²) in [6, 6.07) is 7.00. The molecule has 124 valence electrons. The number of amides is 1. The summed E-state index contributed by atoms with van der Waals surface area (Å²) in [5.74, 6) is -1.56. The molecule has 24 heavy (non-hydrogen) atoms. The fraction of sp³-hybridized carbons (Fsp3) is 0.250. The maximum Gasteiger partial charge on any atom is 0.357 e. The van der Waals surface area contributed by atoms with Crippen LogP contribution in [0.5, 0.6) is 0 Å². The first kappa shape index (κ1) is 16.1. The maximum absolute atomic E-state index is 12.3. The summed E-state index contributed by atoms with van der Waals surface area (Å²) in [4.78, 5) is 39.8. The zero-order valence-electron chi connectivity index (χ0n) is 12.8. The van der Waals surface area contributed by atoms with Gasteiger partial charge in [0.1, 0.15) is 0 Å². The predicted octanol–water partition coefficient (Wildman–Crippen LogP) is 2.04. The molecular weight excluding hydrogens is 332 g/mol. The van der Waals surface area contributed by atoms with Gasteiger partial charge < -0.3 is 9.47 Å². The number of cyclic esters (lactones) is 1. The second kappa shape index (κ2) is 6.79. The molecule has 7 nitrogen and oxygen atoms in total. The molecule has 1 N–H and O–H groups in total. The summed E-state index contributed by atoms with van der Waals surface area (Å²) >= 11 is 1.10. The molecule has 1 aromatic heterocycles. The number of hydrogen-bond acceptors (Lipinski definition) is 7. The quantitative estimate of drug-likeness (QED) is 0.852. The molecule has 1 aromatic carbocycles. The van der Waals surface area contributed by atoms with Crippen molar-refractivity contribution >= 4 is 34.3 Å². The predicted molar refractivity (Wildman–Crippen MR) is 86.0 cm³/mol. The SMILES string of the molecule is CCOC(=O)c1csc(NC(=O)C2Cc3ccccc3C(=O)O2)n1. The van der Waals surface area contributed by atoms with Crippen LogP contribution in [0.1, 0.15) is 33.3 Å². The molecule has 0 saturated carbocycles. The van der Waals surface area contributed by atoms with Crippen molar-refractivity contribution in [2.75, 3.05) is 11.9 Å². The largest absolute Gasteiger partial charge is 0.461 e. The van der Waals surface area contributed by atoms with Crippen molar-refractivity contribution in [1.29, 1.82) is 0 Å². The van der Waals surface area contributed by atoms with Crippen molar-refractivity contribution in [2.24, 2.45) is 0 Å². The van der Waals surface area contributed by atoms with E-state index < -0.39 is 23.9 Å². The maximum atomic E-state index is 12.3. The van der Waals surface area contributed by atoms with E-state index in [4.69, 9.17) is 9.47 Å². The van der Waals surface area contributed by atoms with E-state index in [1.165, 1.54) is 5.38 Å². The zero-order valence-corrected chi connectivity index (χ0v) is 13.6. The van der Waals surface area contributed by atoms with Gasteiger partial charge in [0.2, 0.25) is 0 Å². The summed E-state index contributed by atoms with van der Waals surface area (Å²) in [5.41, 5.74) is 1.36. The van der Waals surface area contributed by atoms with Gasteiger partial charge in [-0.15, -0.1) is 11.3 Å². The average molecular weight is 346 g/mol. The molecule has 1 aliphatic heterocycles. The lowest BCUT2D eigenvalue weighted by Gasteiger charge is -2.23. The topological polar surface area (TPSA) is 94.6 Å². The number of carbonyl (C=O) groups excluding carboxylic acids is 3. The first-order valence-corrected chi connectivity index (χ1v) is 8.19. The Balaban J connectivity index is 1.68. The molecule has 0 fully saturated rings. The Morgan fingerprint density at radius 3 is 3.00 bits per heavy atom. The number of hydrogen-bond donors (Lipinski definition) is 1. The fourth-order valence-electron chi connectivity index (χ4n) is 2.29. The molecule has 1 amide bonds. The van der Waals surface area contributed by atoms with Gasteiger partial charge in [-0.2, -0.15) is 0 Å². The Morgan fingerprint density at radius 1 is 1.42 bits per heavy atom. The van der Waals surface area contributed by atoms with Gasteiger partial charge in [-0.3, -0.25) is 10.1 Å². The van der Waals surface area contributed by atoms with E-state index in [9.17, 15) is 14.4 Å². The monoisotopic (exact) mass is 346 g/mol. The van der Waals surface area contributed by atoms with Crippen LogP contribution in [0.3, 0.4) is 0 Å². The summed E-state index contributed by atoms with van der Waals surface area (Å²) < 4.78 is 10.0. The van der Waals surface area contributed by atoms with Crippen LogP contribution in [0.4, 0.5) is 5.13 Å². The molecule has 1 aliphatic rings. The standard InChI is InChI=1S/C16H14N2O5S/c1-2-22-15(21)11-8-24-16(17-11)18-13(19)12-7-9-5-3-4-6-10(9)14(20)23-12/h3-6,8,12H,2,7H2,1H3,(H,17,18,19). The Bertz CT molecular complexity index is 801. The van der Waals surface area contributed by atoms with Gasteiger partial charge in [0.05, 0.1) is 12.2 Å². The molecule has 0 spiro atoms. The molecule has 0 saturated heterocycles. The number of aromatic nitrogens is 1. The van der Waals surface area contributed by atoms with Crippen molar-refractivity contribution in [3.63, 3.8) is 0 Å². The Morgan fingerprint density at radius 2 is 2.21 bits per heavy atom. The highest BCUT2D eigenvalue weighted by molar-refractivity contribution is 7.14. The molecule has 1 unspecified atom stereocenters. The summed E-state index contributed by atoms with van der Waals surface area (Å²) in [5, 5.41) is 4.31. The van der Waals surface area contributed by atoms with Crippen LogP contribution in [-0.2, 0) is 20.7 Å². The number of rotatable bonds is 4. The van der Waals surface area contributed by atoms with Crippen LogP contribution in [0, 0.1) is 0 Å². The van der Waals surface area contributed by atoms with Crippen LogP contribution in [-0.4, -0.2) is 35.5 Å². The van der Waals surface area contributed by atoms with Crippen LogP contribution in [0.15, 0.2) is 29.6 Å². The van der Waals surface area contributed by atoms with Crippen LogP contribution in [0.25, 0.3) is 0 Å². The molecule has 2 heterocycles. The summed E-state index contributed by atoms with van der Waals surface area (Å²) in [6.45, 7) is 1.94. The Hall–Kier alpha value is -2.74. The third-order valence-electron chi connectivity index (χ3n) is 3.40. The third kappa shape index (κ3) is 3.28. The second-order valence-corrected chi connectivity index (χ2v) is 5.86. The Kier molecular flexibility index (Phi) is 4.57. The van der Waals surface area contributed by atoms with Crippen LogP contribution in [0.2, 0.25) is 0 Å². The lowest BCUT2D eigenvalue weighted by molar-refractivity contribution is -0.125. The summed E-state index contributed by atoms with van der Waals surface area (Å²) in [6.07, 6.45) is -0.633. The number of carbonyl (C=O) groups is 3. The van der Waals surface area contributed by atoms with Gasteiger partial charge in [0, 0.05) is 11.8 Å². The van der Waals surface area contributed by atoms with Gasteiger partial charge in [-0.1, -0.05) is 18.2 Å². The number of nitrogens with one attached hydrogen (secondary N) is 1. The van der Waals surface area contributed by atoms with E-state index in [-0.39, 0.29) is 17.4 Å². The molecular formula is C16H14N2O5S. The number of nitrogens with zero attached hydrogens (tertiary/aromatic N) is 1. The van der Waals surface area contributed by atoms with E-state index in [1.807, 2.05) is 0 Å². The number of esters is 2. The van der Waals surface area contributed by atoms with Crippen LogP contribution >= 0.6 is 11.3 Å². The highest BCUT2D eigenvalue weighted by Gasteiger charge is 2.31. The summed E-state index contributed by atoms with van der Waals surface area (Å²) in [7, 11) is 0. The van der Waals surface area contributed by atoms with E-state index in [2.05, 4.69) is 10.3 Å². The molecule has 2 aromatic rings. The zero-order chi connectivity index (χ0) is 17.1. The molecule has 0 bridgehead atoms. The molecule has 0 radical (unpaired) electrons. The first-order valence-electron chi connectivity index (χ1n) is 7.31. The van der Waals surface area contributed by atoms with Crippen molar-refractivity contribution in [3.05, 3.63) is 46.5 Å². The molecule has 3 rings (SSSR count). The van der Waals surface area contributed by atoms with E-state index >= 15 is 0 Å². The van der Waals surface area contributed by atoms with Crippen molar-refractivity contribution < 1.29 is 23.9 Å². The number of fused-ring (bicyclic) bond motifs is 1. The van der Waals surface area contributed by atoms with Crippen LogP contribution < -0.4 is 5.32 Å². The average Bonchev–Trinajstić information content (AvgIpc) is 3.03. The first-order chi connectivity index (χ1) is 11.6. The minimum atomic E-state index is -0.928. The van der Waals surface area contributed by atoms with Gasteiger partial charge in [0.25, 0.3) is 5.91 Å². The Labute approximate surface area is 141 Å². The number of anilines is 1. The van der Waals surface area contributed by atoms with Crippen molar-refractivity contribution in [3.8, 4) is 0 Å². The van der Waals surface area contributed by atoms with Gasteiger partial charge in [-0.05, 0) is 18.6 Å². The highest BCUT2D eigenvalue weighted by Crippen LogP contribution is 2.22. The molecule has 8 heteroatoms. The third-order valence-corrected chi connectivity index (χ3v) is 4.16. The lowest BCUT2D eigenvalue weighted by Crippen LogP contribution is -2.37. The van der Waals surface area contributed by atoms with Crippen molar-refractivity contribution in [1.82, 2.24) is 4.98 Å². The number of ether oxygens (including phenoxy) is 2. The lowest BCUT2D eigenvalue weighted by atomic mass is 9.98. The van der Waals surface area contributed by atoms with Gasteiger partial charge >= 0.3 is 11.9 Å². The second-order valence-electron chi connectivity index (χ2n) is 5.00. The fourth-order valence-corrected chi connectivity index (χ4v) is 2.98. The molecule has 0 aliphatic carbocycles. The molecule has 1 atom stereocenters.